The maximum atomic E-state index is 12.9. The third-order valence-corrected chi connectivity index (χ3v) is 6.79. The Hall–Kier alpha value is -2.49. The van der Waals surface area contributed by atoms with E-state index in [0.29, 0.717) is 17.9 Å². The van der Waals surface area contributed by atoms with E-state index in [1.165, 1.54) is 18.2 Å². The topological polar surface area (TPSA) is 118 Å². The molecule has 0 aliphatic carbocycles. The number of halogens is 1. The van der Waals surface area contributed by atoms with Crippen molar-refractivity contribution in [1.29, 1.82) is 0 Å². The van der Waals surface area contributed by atoms with Crippen LogP contribution in [0.4, 0.5) is 5.69 Å². The molecule has 8 nitrogen and oxygen atoms in total. The van der Waals surface area contributed by atoms with Gasteiger partial charge in [0.2, 0.25) is 15.9 Å². The fourth-order valence-corrected chi connectivity index (χ4v) is 4.45. The Labute approximate surface area is 180 Å². The van der Waals surface area contributed by atoms with Crippen LogP contribution in [-0.2, 0) is 20.2 Å². The van der Waals surface area contributed by atoms with Gasteiger partial charge in [-0.05, 0) is 36.6 Å². The quantitative estimate of drug-likeness (QED) is 0.324. The summed E-state index contributed by atoms with van der Waals surface area (Å²) in [7, 11) is -3.94. The van der Waals surface area contributed by atoms with Crippen LogP contribution in [0.25, 0.3) is 0 Å². The summed E-state index contributed by atoms with van der Waals surface area (Å²) in [6, 6.07) is 11.9. The molecule has 2 aromatic carbocycles. The lowest BCUT2D eigenvalue weighted by Gasteiger charge is -2.31. The van der Waals surface area contributed by atoms with E-state index in [-0.39, 0.29) is 29.6 Å². The molecule has 30 heavy (non-hydrogen) atoms. The molecule has 0 aromatic heterocycles. The number of non-ortho nitro benzene ring substituents is 1. The van der Waals surface area contributed by atoms with Crippen molar-refractivity contribution in [2.45, 2.75) is 37.0 Å². The molecular formula is C20H24ClN3O5S. The maximum absolute atomic E-state index is 12.9. The molecule has 0 saturated carbocycles. The van der Waals surface area contributed by atoms with Crippen molar-refractivity contribution in [2.75, 3.05) is 13.1 Å². The predicted molar refractivity (Wildman–Crippen MR) is 115 cm³/mol. The second-order valence-corrected chi connectivity index (χ2v) is 8.91. The zero-order chi connectivity index (χ0) is 22.4. The molecule has 0 spiro atoms. The van der Waals surface area contributed by atoms with Crippen molar-refractivity contribution in [3.63, 3.8) is 0 Å². The van der Waals surface area contributed by atoms with Crippen LogP contribution in [0.5, 0.6) is 0 Å². The van der Waals surface area contributed by atoms with Gasteiger partial charge in [-0.25, -0.2) is 13.1 Å². The van der Waals surface area contributed by atoms with E-state index in [2.05, 4.69) is 10.0 Å². The molecule has 2 rings (SSSR count). The molecule has 2 N–H and O–H groups in total. The van der Waals surface area contributed by atoms with Gasteiger partial charge in [0, 0.05) is 30.2 Å². The molecule has 0 radical (unpaired) electrons. The normalized spacial score (nSPS) is 11.8. The molecule has 2 aromatic rings. The van der Waals surface area contributed by atoms with Gasteiger partial charge in [0.05, 0.1) is 15.2 Å². The monoisotopic (exact) mass is 453 g/mol. The van der Waals surface area contributed by atoms with Crippen molar-refractivity contribution < 1.29 is 18.1 Å². The minimum atomic E-state index is -3.94. The first-order chi connectivity index (χ1) is 14.2. The van der Waals surface area contributed by atoms with Gasteiger partial charge in [0.15, 0.2) is 0 Å². The van der Waals surface area contributed by atoms with Crippen LogP contribution in [0.2, 0.25) is 5.02 Å². The van der Waals surface area contributed by atoms with E-state index in [1.807, 2.05) is 26.0 Å². The summed E-state index contributed by atoms with van der Waals surface area (Å²) in [5, 5.41) is 14.2. The van der Waals surface area contributed by atoms with Crippen molar-refractivity contribution in [2.24, 2.45) is 0 Å². The van der Waals surface area contributed by atoms with Crippen molar-refractivity contribution in [3.8, 4) is 0 Å². The van der Waals surface area contributed by atoms with Gasteiger partial charge in [-0.1, -0.05) is 43.6 Å². The highest BCUT2D eigenvalue weighted by molar-refractivity contribution is 7.89. The maximum Gasteiger partial charge on any atom is 0.270 e. The number of benzene rings is 2. The molecule has 0 fully saturated rings. The van der Waals surface area contributed by atoms with Gasteiger partial charge in [-0.3, -0.25) is 14.9 Å². The number of nitro benzene ring substituents is 1. The fourth-order valence-electron chi connectivity index (χ4n) is 3.26. The second-order valence-electron chi connectivity index (χ2n) is 6.70. The number of nitrogens with one attached hydrogen (secondary N) is 2. The Morgan fingerprint density at radius 3 is 2.30 bits per heavy atom. The number of rotatable bonds is 10. The van der Waals surface area contributed by atoms with Crippen molar-refractivity contribution >= 4 is 33.2 Å². The Morgan fingerprint density at radius 1 is 1.10 bits per heavy atom. The van der Waals surface area contributed by atoms with Gasteiger partial charge in [0.25, 0.3) is 5.69 Å². The molecule has 0 saturated heterocycles. The molecule has 10 heteroatoms. The van der Waals surface area contributed by atoms with Gasteiger partial charge < -0.3 is 5.32 Å². The number of carbonyl (C=O) groups is 1. The lowest BCUT2D eigenvalue weighted by atomic mass is 9.75. The van der Waals surface area contributed by atoms with E-state index in [1.54, 1.807) is 12.1 Å². The molecule has 162 valence electrons. The highest BCUT2D eigenvalue weighted by Gasteiger charge is 2.36. The summed E-state index contributed by atoms with van der Waals surface area (Å²) in [4.78, 5) is 22.9. The number of nitrogens with zero attached hydrogens (tertiary/aromatic N) is 1. The molecule has 0 bridgehead atoms. The van der Waals surface area contributed by atoms with E-state index < -0.39 is 20.4 Å². The van der Waals surface area contributed by atoms with Crippen LogP contribution < -0.4 is 10.0 Å². The summed E-state index contributed by atoms with van der Waals surface area (Å²) in [6.45, 7) is 3.86. The van der Waals surface area contributed by atoms with Gasteiger partial charge in [-0.2, -0.15) is 0 Å². The number of hydrogen-bond acceptors (Lipinski definition) is 5. The first-order valence-electron chi connectivity index (χ1n) is 9.44. The van der Waals surface area contributed by atoms with E-state index in [0.717, 1.165) is 11.6 Å². The first kappa shape index (κ1) is 23.8. The third kappa shape index (κ3) is 5.35. The Balaban J connectivity index is 2.02. The zero-order valence-electron chi connectivity index (χ0n) is 16.7. The Kier molecular flexibility index (Phi) is 7.94. The Morgan fingerprint density at radius 2 is 1.73 bits per heavy atom. The van der Waals surface area contributed by atoms with Crippen LogP contribution in [0.15, 0.2) is 53.4 Å². The summed E-state index contributed by atoms with van der Waals surface area (Å²) >= 11 is 5.95. The molecule has 0 aliphatic rings. The molecule has 0 unspecified atom stereocenters. The summed E-state index contributed by atoms with van der Waals surface area (Å²) in [6.07, 6.45) is 1.13. The minimum Gasteiger partial charge on any atom is -0.354 e. The number of carbonyl (C=O) groups excluding carboxylic acids is 1. The first-order valence-corrected chi connectivity index (χ1v) is 11.3. The minimum absolute atomic E-state index is 0.0547. The van der Waals surface area contributed by atoms with Crippen molar-refractivity contribution in [1.82, 2.24) is 10.0 Å². The summed E-state index contributed by atoms with van der Waals surface area (Å²) in [5.41, 5.74) is -0.222. The van der Waals surface area contributed by atoms with Crippen LogP contribution in [0, 0.1) is 10.1 Å². The highest BCUT2D eigenvalue weighted by Crippen LogP contribution is 2.32. The standard InChI is InChI=1S/C20H24ClN3O5S/c1-3-20(4-2,15-8-10-16(21)11-9-15)19(25)22-12-13-23-30(28,29)18-7-5-6-17(14-18)24(26)27/h5-11,14,23H,3-4,12-13H2,1-2H3,(H,22,25). The lowest BCUT2D eigenvalue weighted by molar-refractivity contribution is -0.385. The molecule has 0 atom stereocenters. The molecule has 0 aliphatic heterocycles. The average Bonchev–Trinajstić information content (AvgIpc) is 2.73. The number of amides is 1. The number of sulfonamides is 1. The van der Waals surface area contributed by atoms with Crippen LogP contribution in [0.3, 0.4) is 0 Å². The molecule has 0 heterocycles. The lowest BCUT2D eigenvalue weighted by Crippen LogP contribution is -2.46. The van der Waals surface area contributed by atoms with E-state index >= 15 is 0 Å². The summed E-state index contributed by atoms with van der Waals surface area (Å²) < 4.78 is 27.1. The second kappa shape index (κ2) is 10.0. The summed E-state index contributed by atoms with van der Waals surface area (Å²) in [5.74, 6) is -0.204. The van der Waals surface area contributed by atoms with Gasteiger partial charge in [0.1, 0.15) is 0 Å². The average molecular weight is 454 g/mol. The molecule has 1 amide bonds. The number of hydrogen-bond donors (Lipinski definition) is 2. The zero-order valence-corrected chi connectivity index (χ0v) is 18.3. The van der Waals surface area contributed by atoms with Gasteiger partial charge in [-0.15, -0.1) is 0 Å². The smallest absolute Gasteiger partial charge is 0.270 e. The van der Waals surface area contributed by atoms with Crippen LogP contribution in [-0.4, -0.2) is 32.3 Å². The van der Waals surface area contributed by atoms with E-state index in [9.17, 15) is 23.3 Å². The largest absolute Gasteiger partial charge is 0.354 e. The molecular weight excluding hydrogens is 430 g/mol. The van der Waals surface area contributed by atoms with Crippen LogP contribution in [0.1, 0.15) is 32.3 Å². The fraction of sp³-hybridized carbons (Fsp3) is 0.350. The van der Waals surface area contributed by atoms with Gasteiger partial charge >= 0.3 is 0 Å². The predicted octanol–water partition coefficient (Wildman–Crippen LogP) is 3.40. The SMILES string of the molecule is CCC(CC)(C(=O)NCCNS(=O)(=O)c1cccc([N+](=O)[O-])c1)c1ccc(Cl)cc1. The van der Waals surface area contributed by atoms with E-state index in [4.69, 9.17) is 11.6 Å². The number of nitro groups is 1. The Bertz CT molecular complexity index is 1010. The van der Waals surface area contributed by atoms with Crippen LogP contribution >= 0.6 is 11.6 Å². The highest BCUT2D eigenvalue weighted by atomic mass is 35.5. The third-order valence-electron chi connectivity index (χ3n) is 5.08. The van der Waals surface area contributed by atoms with Crippen molar-refractivity contribution in [3.05, 3.63) is 69.2 Å².